The highest BCUT2D eigenvalue weighted by Gasteiger charge is 2.08. The number of halogens is 2. The molecule has 5 heteroatoms. The number of hydrogen-bond donors (Lipinski definition) is 1. The van der Waals surface area contributed by atoms with Crippen LogP contribution in [0.15, 0.2) is 36.7 Å². The van der Waals surface area contributed by atoms with Crippen LogP contribution in [-0.2, 0) is 0 Å². The molecular formula is C14H11ClFN3. The largest absolute Gasteiger partial charge is 0.396 e. The van der Waals surface area contributed by atoms with E-state index in [2.05, 4.69) is 4.98 Å². The van der Waals surface area contributed by atoms with Crippen LogP contribution < -0.4 is 5.73 Å². The van der Waals surface area contributed by atoms with E-state index in [-0.39, 0.29) is 5.82 Å². The number of aromatic nitrogens is 2. The molecule has 0 amide bonds. The molecule has 0 fully saturated rings. The average molecular weight is 276 g/mol. The molecule has 2 heterocycles. The van der Waals surface area contributed by atoms with Crippen molar-refractivity contribution in [2.24, 2.45) is 0 Å². The van der Waals surface area contributed by atoms with Crippen LogP contribution in [0.2, 0.25) is 5.02 Å². The van der Waals surface area contributed by atoms with Crippen molar-refractivity contribution in [2.75, 3.05) is 5.73 Å². The molecule has 1 aromatic carbocycles. The zero-order valence-corrected chi connectivity index (χ0v) is 10.9. The fourth-order valence-corrected chi connectivity index (χ4v) is 2.12. The zero-order valence-electron chi connectivity index (χ0n) is 10.2. The molecule has 3 aromatic rings. The number of nitrogens with zero attached hydrogens (tertiary/aromatic N) is 2. The molecule has 3 nitrogen and oxygen atoms in total. The van der Waals surface area contributed by atoms with Gasteiger partial charge >= 0.3 is 0 Å². The average Bonchev–Trinajstić information content (AvgIpc) is 2.76. The lowest BCUT2D eigenvalue weighted by Crippen LogP contribution is -1.90. The van der Waals surface area contributed by atoms with Gasteiger partial charge in [-0.3, -0.25) is 0 Å². The van der Waals surface area contributed by atoms with Crippen LogP contribution in [0.25, 0.3) is 16.9 Å². The number of benzene rings is 1. The maximum atomic E-state index is 13.3. The van der Waals surface area contributed by atoms with Gasteiger partial charge in [-0.2, -0.15) is 0 Å². The molecular weight excluding hydrogens is 265 g/mol. The monoisotopic (exact) mass is 275 g/mol. The Morgan fingerprint density at radius 1 is 1.26 bits per heavy atom. The summed E-state index contributed by atoms with van der Waals surface area (Å²) in [6, 6.07) is 6.62. The van der Waals surface area contributed by atoms with E-state index in [4.69, 9.17) is 17.3 Å². The molecule has 0 bridgehead atoms. The summed E-state index contributed by atoms with van der Waals surface area (Å²) in [6.07, 6.45) is 3.55. The molecule has 2 N–H and O–H groups in total. The number of fused-ring (bicyclic) bond motifs is 1. The first kappa shape index (κ1) is 12.0. The molecule has 0 atom stereocenters. The molecule has 96 valence electrons. The Morgan fingerprint density at radius 2 is 2.05 bits per heavy atom. The summed E-state index contributed by atoms with van der Waals surface area (Å²) < 4.78 is 15.1. The predicted octanol–water partition coefficient (Wildman–Crippen LogP) is 3.68. The van der Waals surface area contributed by atoms with Crippen LogP contribution in [0, 0.1) is 12.7 Å². The van der Waals surface area contributed by atoms with E-state index in [1.54, 1.807) is 35.7 Å². The van der Waals surface area contributed by atoms with E-state index in [0.717, 1.165) is 11.3 Å². The summed E-state index contributed by atoms with van der Waals surface area (Å²) in [5.74, 6) is -0.222. The first-order chi connectivity index (χ1) is 9.04. The van der Waals surface area contributed by atoms with Crippen LogP contribution in [0.3, 0.4) is 0 Å². The highest BCUT2D eigenvalue weighted by Crippen LogP contribution is 2.25. The van der Waals surface area contributed by atoms with E-state index in [1.165, 1.54) is 6.07 Å². The SMILES string of the molecule is Cc1cc(-c2cn3cc(N)c(Cl)cc3n2)ccc1F. The van der Waals surface area contributed by atoms with Crippen molar-refractivity contribution in [3.8, 4) is 11.3 Å². The summed E-state index contributed by atoms with van der Waals surface area (Å²) >= 11 is 5.96. The van der Waals surface area contributed by atoms with Crippen LogP contribution in [0.4, 0.5) is 10.1 Å². The van der Waals surface area contributed by atoms with Gasteiger partial charge in [-0.15, -0.1) is 0 Å². The number of pyridine rings is 1. The number of rotatable bonds is 1. The zero-order chi connectivity index (χ0) is 13.6. The first-order valence-corrected chi connectivity index (χ1v) is 6.12. The lowest BCUT2D eigenvalue weighted by Gasteiger charge is -1.99. The predicted molar refractivity (Wildman–Crippen MR) is 74.7 cm³/mol. The molecule has 3 rings (SSSR count). The van der Waals surface area contributed by atoms with Crippen molar-refractivity contribution in [1.82, 2.24) is 9.38 Å². The van der Waals surface area contributed by atoms with Gasteiger partial charge in [0.05, 0.1) is 16.4 Å². The van der Waals surface area contributed by atoms with Gasteiger partial charge < -0.3 is 10.1 Å². The third-order valence-corrected chi connectivity index (χ3v) is 3.35. The van der Waals surface area contributed by atoms with E-state index >= 15 is 0 Å². The molecule has 0 aliphatic rings. The van der Waals surface area contributed by atoms with Crippen LogP contribution in [-0.4, -0.2) is 9.38 Å². The van der Waals surface area contributed by atoms with Crippen molar-refractivity contribution >= 4 is 22.9 Å². The van der Waals surface area contributed by atoms with Gasteiger partial charge in [0.1, 0.15) is 11.5 Å². The summed E-state index contributed by atoms with van der Waals surface area (Å²) in [4.78, 5) is 4.46. The van der Waals surface area contributed by atoms with E-state index in [9.17, 15) is 4.39 Å². The van der Waals surface area contributed by atoms with E-state index in [0.29, 0.717) is 21.9 Å². The van der Waals surface area contributed by atoms with Crippen LogP contribution >= 0.6 is 11.6 Å². The van der Waals surface area contributed by atoms with Gasteiger partial charge in [0.15, 0.2) is 0 Å². The summed E-state index contributed by atoms with van der Waals surface area (Å²) in [6.45, 7) is 1.73. The maximum absolute atomic E-state index is 13.3. The van der Waals surface area contributed by atoms with Gasteiger partial charge in [0.2, 0.25) is 0 Å². The highest BCUT2D eigenvalue weighted by molar-refractivity contribution is 6.33. The van der Waals surface area contributed by atoms with Gasteiger partial charge in [-0.25, -0.2) is 9.37 Å². The Kier molecular flexibility index (Phi) is 2.68. The maximum Gasteiger partial charge on any atom is 0.139 e. The topological polar surface area (TPSA) is 43.3 Å². The second kappa shape index (κ2) is 4.24. The Morgan fingerprint density at radius 3 is 2.79 bits per heavy atom. The first-order valence-electron chi connectivity index (χ1n) is 5.75. The van der Waals surface area contributed by atoms with E-state index < -0.39 is 0 Å². The quantitative estimate of drug-likeness (QED) is 0.736. The summed E-state index contributed by atoms with van der Waals surface area (Å²) in [5, 5.41) is 0.472. The smallest absolute Gasteiger partial charge is 0.139 e. The van der Waals surface area contributed by atoms with Gasteiger partial charge in [0, 0.05) is 24.0 Å². The summed E-state index contributed by atoms with van der Waals surface area (Å²) in [7, 11) is 0. The molecule has 19 heavy (non-hydrogen) atoms. The van der Waals surface area contributed by atoms with Crippen molar-refractivity contribution in [3.05, 3.63) is 53.1 Å². The number of aryl methyl sites for hydroxylation is 1. The molecule has 0 aliphatic heterocycles. The van der Waals surface area contributed by atoms with Crippen molar-refractivity contribution in [2.45, 2.75) is 6.92 Å². The lowest BCUT2D eigenvalue weighted by atomic mass is 10.1. The molecule has 0 saturated heterocycles. The van der Waals surface area contributed by atoms with Gasteiger partial charge in [0.25, 0.3) is 0 Å². The number of hydrogen-bond acceptors (Lipinski definition) is 2. The van der Waals surface area contributed by atoms with Gasteiger partial charge in [-0.1, -0.05) is 11.6 Å². The number of anilines is 1. The fraction of sp³-hybridized carbons (Fsp3) is 0.0714. The van der Waals surface area contributed by atoms with Crippen molar-refractivity contribution in [3.63, 3.8) is 0 Å². The van der Waals surface area contributed by atoms with Crippen LogP contribution in [0.1, 0.15) is 5.56 Å². The van der Waals surface area contributed by atoms with Crippen LogP contribution in [0.5, 0.6) is 0 Å². The lowest BCUT2D eigenvalue weighted by molar-refractivity contribution is 0.619. The Hall–Kier alpha value is -2.07. The van der Waals surface area contributed by atoms with Crippen molar-refractivity contribution < 1.29 is 4.39 Å². The number of nitrogen functional groups attached to an aromatic ring is 1. The number of nitrogens with two attached hydrogens (primary N) is 1. The second-order valence-electron chi connectivity index (χ2n) is 4.43. The molecule has 0 unspecified atom stereocenters. The molecule has 0 aliphatic carbocycles. The minimum absolute atomic E-state index is 0.222. The Balaban J connectivity index is 2.17. The Bertz CT molecular complexity index is 741. The van der Waals surface area contributed by atoms with Gasteiger partial charge in [-0.05, 0) is 30.7 Å². The molecule has 0 saturated carbocycles. The normalized spacial score (nSPS) is 11.1. The van der Waals surface area contributed by atoms with E-state index in [1.807, 2.05) is 6.20 Å². The third kappa shape index (κ3) is 2.04. The molecule has 0 radical (unpaired) electrons. The molecule has 0 spiro atoms. The second-order valence-corrected chi connectivity index (χ2v) is 4.84. The standard InChI is InChI=1S/C14H11ClFN3/c1-8-4-9(2-3-11(8)16)13-7-19-6-12(17)10(15)5-14(19)18-13/h2-7H,17H2,1H3. The Labute approximate surface area is 114 Å². The highest BCUT2D eigenvalue weighted by atomic mass is 35.5. The third-order valence-electron chi connectivity index (χ3n) is 3.02. The minimum Gasteiger partial charge on any atom is -0.396 e. The fourth-order valence-electron chi connectivity index (χ4n) is 1.97. The van der Waals surface area contributed by atoms with Crippen molar-refractivity contribution in [1.29, 1.82) is 0 Å². The minimum atomic E-state index is -0.222. The molecule has 2 aromatic heterocycles. The number of imidazole rings is 1. The summed E-state index contributed by atoms with van der Waals surface area (Å²) in [5.41, 5.74) is 9.15.